The Morgan fingerprint density at radius 1 is 1.19 bits per heavy atom. The zero-order chi connectivity index (χ0) is 22.2. The van der Waals surface area contributed by atoms with Gasteiger partial charge in [0.1, 0.15) is 11.8 Å². The highest BCUT2D eigenvalue weighted by molar-refractivity contribution is 6.31. The highest BCUT2D eigenvalue weighted by atomic mass is 35.5. The smallest absolute Gasteiger partial charge is 0.406 e. The number of hydrogen-bond donors (Lipinski definition) is 3. The minimum Gasteiger partial charge on any atom is -0.406 e. The lowest BCUT2D eigenvalue weighted by molar-refractivity contribution is -0.274. The van der Waals surface area contributed by atoms with Crippen molar-refractivity contribution in [2.75, 3.05) is 6.54 Å². The molecule has 1 aliphatic carbocycles. The molecule has 4 rings (SSSR count). The molecule has 31 heavy (non-hydrogen) atoms. The molecule has 1 aromatic carbocycles. The quantitative estimate of drug-likeness (QED) is 0.624. The number of halogens is 4. The number of rotatable bonds is 6. The molecule has 2 aliphatic rings. The molecule has 1 aliphatic heterocycles. The Labute approximate surface area is 180 Å². The molecule has 2 atom stereocenters. The summed E-state index contributed by atoms with van der Waals surface area (Å²) < 4.78 is 41.3. The van der Waals surface area contributed by atoms with E-state index in [2.05, 4.69) is 25.7 Å². The summed E-state index contributed by atoms with van der Waals surface area (Å²) in [6.07, 6.45) is -2.87. The first kappa shape index (κ1) is 21.2. The lowest BCUT2D eigenvalue weighted by Gasteiger charge is -2.22. The average molecular weight is 455 g/mol. The van der Waals surface area contributed by atoms with Gasteiger partial charge in [-0.2, -0.15) is 0 Å². The number of alkyl halides is 3. The first-order chi connectivity index (χ1) is 14.7. The number of amides is 3. The Morgan fingerprint density at radius 2 is 1.90 bits per heavy atom. The topological polar surface area (TPSA) is 92.4 Å². The Bertz CT molecular complexity index is 996. The Morgan fingerprint density at radius 3 is 2.48 bits per heavy atom. The molecule has 3 N–H and O–H groups in total. The maximum atomic E-state index is 12.7. The molecule has 11 heteroatoms. The number of aromatic nitrogens is 1. The summed E-state index contributed by atoms with van der Waals surface area (Å²) in [5.74, 6) is -0.579. The maximum Gasteiger partial charge on any atom is 0.573 e. The number of nitrogens with zero attached hydrogens (tertiary/aromatic N) is 1. The van der Waals surface area contributed by atoms with E-state index in [1.807, 2.05) is 0 Å². The van der Waals surface area contributed by atoms with E-state index in [9.17, 15) is 22.8 Å². The van der Waals surface area contributed by atoms with Crippen LogP contribution in [0.25, 0.3) is 0 Å². The van der Waals surface area contributed by atoms with Gasteiger partial charge < -0.3 is 20.7 Å². The summed E-state index contributed by atoms with van der Waals surface area (Å²) in [6, 6.07) is 6.53. The third kappa shape index (κ3) is 5.19. The number of pyridine rings is 1. The molecule has 2 aromatic rings. The van der Waals surface area contributed by atoms with Gasteiger partial charge in [0, 0.05) is 12.5 Å². The van der Waals surface area contributed by atoms with Crippen molar-refractivity contribution < 1.29 is 27.5 Å². The Balaban J connectivity index is 1.63. The van der Waals surface area contributed by atoms with E-state index in [1.165, 1.54) is 24.3 Å². The second kappa shape index (κ2) is 8.26. The van der Waals surface area contributed by atoms with Crippen molar-refractivity contribution in [1.82, 2.24) is 20.9 Å². The van der Waals surface area contributed by atoms with Crippen molar-refractivity contribution in [3.63, 3.8) is 0 Å². The summed E-state index contributed by atoms with van der Waals surface area (Å²) in [7, 11) is 0. The number of nitrogens with one attached hydrogen (secondary N) is 3. The number of ether oxygens (including phenoxy) is 1. The van der Waals surface area contributed by atoms with E-state index >= 15 is 0 Å². The van der Waals surface area contributed by atoms with Gasteiger partial charge >= 0.3 is 12.4 Å². The molecule has 1 saturated carbocycles. The van der Waals surface area contributed by atoms with Crippen LogP contribution in [-0.4, -0.2) is 35.9 Å². The van der Waals surface area contributed by atoms with Gasteiger partial charge in [0.05, 0.1) is 22.5 Å². The third-order valence-electron chi connectivity index (χ3n) is 4.98. The molecule has 1 aromatic heterocycles. The number of carbonyl (C=O) groups excluding carboxylic acids is 2. The van der Waals surface area contributed by atoms with E-state index in [4.69, 9.17) is 11.6 Å². The van der Waals surface area contributed by atoms with Crippen molar-refractivity contribution in [3.8, 4) is 5.75 Å². The van der Waals surface area contributed by atoms with Gasteiger partial charge in [-0.3, -0.25) is 9.78 Å². The van der Waals surface area contributed by atoms with Gasteiger partial charge in [0.25, 0.3) is 0 Å². The SMILES string of the molecule is O=C1NCC(C(=O)N[C@H](c2ccc(OC(F)(F)F)cc2)c2ccc(Cl)c(C3CC3)n2)N1. The Hall–Kier alpha value is -3.01. The van der Waals surface area contributed by atoms with Crippen LogP contribution in [0.3, 0.4) is 0 Å². The lowest BCUT2D eigenvalue weighted by atomic mass is 10.0. The van der Waals surface area contributed by atoms with E-state index in [-0.39, 0.29) is 18.2 Å². The predicted octanol–water partition coefficient (Wildman–Crippen LogP) is 3.40. The summed E-state index contributed by atoms with van der Waals surface area (Å²) in [4.78, 5) is 28.7. The van der Waals surface area contributed by atoms with E-state index in [0.717, 1.165) is 18.5 Å². The summed E-state index contributed by atoms with van der Waals surface area (Å²) >= 11 is 6.26. The average Bonchev–Trinajstić information content (AvgIpc) is 3.46. The van der Waals surface area contributed by atoms with Crippen molar-refractivity contribution in [3.05, 3.63) is 58.4 Å². The van der Waals surface area contributed by atoms with Gasteiger partial charge in [-0.1, -0.05) is 23.7 Å². The van der Waals surface area contributed by atoms with E-state index in [0.29, 0.717) is 16.3 Å². The summed E-state index contributed by atoms with van der Waals surface area (Å²) in [6.45, 7) is 0.122. The van der Waals surface area contributed by atoms with E-state index in [1.54, 1.807) is 12.1 Å². The van der Waals surface area contributed by atoms with Crippen LogP contribution in [0.15, 0.2) is 36.4 Å². The van der Waals surface area contributed by atoms with Crippen LogP contribution in [0, 0.1) is 0 Å². The van der Waals surface area contributed by atoms with Crippen LogP contribution in [0.1, 0.15) is 41.8 Å². The fraction of sp³-hybridized carbons (Fsp3) is 0.350. The summed E-state index contributed by atoms with van der Waals surface area (Å²) in [5, 5.41) is 8.35. The summed E-state index contributed by atoms with van der Waals surface area (Å²) in [5.41, 5.74) is 1.71. The van der Waals surface area contributed by atoms with Crippen molar-refractivity contribution in [2.24, 2.45) is 0 Å². The minimum atomic E-state index is -4.81. The standard InChI is InChI=1S/C20H18ClF3N4O3/c21-13-7-8-14(26-16(13)10-1-2-10)17(28-18(29)15-9-25-19(30)27-15)11-3-5-12(6-4-11)31-20(22,23)24/h3-8,10,15,17H,1-2,9H2,(H,28,29)(H2,25,27,30)/t15?,17-/m1/s1. The van der Waals surface area contributed by atoms with Crippen LogP contribution in [0.4, 0.5) is 18.0 Å². The first-order valence-electron chi connectivity index (χ1n) is 9.56. The van der Waals surface area contributed by atoms with Gasteiger partial charge in [0.2, 0.25) is 5.91 Å². The molecular weight excluding hydrogens is 437 g/mol. The second-order valence-electron chi connectivity index (χ2n) is 7.34. The van der Waals surface area contributed by atoms with Gasteiger partial charge in [-0.05, 0) is 42.7 Å². The van der Waals surface area contributed by atoms with Crippen molar-refractivity contribution in [2.45, 2.75) is 37.2 Å². The molecule has 0 radical (unpaired) electrons. The number of benzene rings is 1. The van der Waals surface area contributed by atoms with Crippen LogP contribution >= 0.6 is 11.6 Å². The van der Waals surface area contributed by atoms with Gasteiger partial charge in [0.15, 0.2) is 0 Å². The maximum absolute atomic E-state index is 12.7. The molecular formula is C20H18ClF3N4O3. The first-order valence-corrected chi connectivity index (χ1v) is 9.94. The fourth-order valence-electron chi connectivity index (χ4n) is 3.32. The molecule has 0 bridgehead atoms. The third-order valence-corrected chi connectivity index (χ3v) is 5.30. The van der Waals surface area contributed by atoms with Gasteiger partial charge in [-0.25, -0.2) is 4.79 Å². The monoisotopic (exact) mass is 454 g/mol. The zero-order valence-corrected chi connectivity index (χ0v) is 16.8. The van der Waals surface area contributed by atoms with Crippen molar-refractivity contribution >= 4 is 23.5 Å². The van der Waals surface area contributed by atoms with Crippen LogP contribution in [0.5, 0.6) is 5.75 Å². The van der Waals surface area contributed by atoms with Gasteiger partial charge in [-0.15, -0.1) is 13.2 Å². The molecule has 7 nitrogen and oxygen atoms in total. The molecule has 3 amide bonds. The highest BCUT2D eigenvalue weighted by Gasteiger charge is 2.33. The molecule has 2 heterocycles. The number of hydrogen-bond acceptors (Lipinski definition) is 4. The number of carbonyl (C=O) groups is 2. The van der Waals surface area contributed by atoms with E-state index < -0.39 is 30.4 Å². The van der Waals surface area contributed by atoms with Crippen LogP contribution in [0.2, 0.25) is 5.02 Å². The fourth-order valence-corrected chi connectivity index (χ4v) is 3.58. The molecule has 1 unspecified atom stereocenters. The van der Waals surface area contributed by atoms with Crippen molar-refractivity contribution in [1.29, 1.82) is 0 Å². The predicted molar refractivity (Wildman–Crippen MR) is 105 cm³/mol. The molecule has 1 saturated heterocycles. The largest absolute Gasteiger partial charge is 0.573 e. The highest BCUT2D eigenvalue weighted by Crippen LogP contribution is 2.42. The van der Waals surface area contributed by atoms with Crippen LogP contribution < -0.4 is 20.7 Å². The lowest BCUT2D eigenvalue weighted by Crippen LogP contribution is -2.44. The molecule has 2 fully saturated rings. The minimum absolute atomic E-state index is 0.122. The van der Waals surface area contributed by atoms with Crippen LogP contribution in [-0.2, 0) is 4.79 Å². The molecule has 164 valence electrons. The molecule has 0 spiro atoms. The zero-order valence-electron chi connectivity index (χ0n) is 16.0. The number of urea groups is 1. The normalized spacial score (nSPS) is 19.4. The Kier molecular flexibility index (Phi) is 5.65. The second-order valence-corrected chi connectivity index (χ2v) is 7.75.